The summed E-state index contributed by atoms with van der Waals surface area (Å²) < 4.78 is 6.20. The number of halogens is 2. The van der Waals surface area contributed by atoms with Crippen molar-refractivity contribution < 1.29 is 9.53 Å². The smallest absolute Gasteiger partial charge is 0.255 e. The van der Waals surface area contributed by atoms with Gasteiger partial charge in [-0.05, 0) is 48.5 Å². The van der Waals surface area contributed by atoms with E-state index in [1.807, 2.05) is 30.3 Å². The number of amides is 1. The van der Waals surface area contributed by atoms with Gasteiger partial charge in [0.1, 0.15) is 10.8 Å². The van der Waals surface area contributed by atoms with E-state index in [1.54, 1.807) is 41.7 Å². The van der Waals surface area contributed by atoms with E-state index in [0.717, 1.165) is 20.8 Å². The van der Waals surface area contributed by atoms with E-state index in [-0.39, 0.29) is 5.91 Å². The van der Waals surface area contributed by atoms with Gasteiger partial charge < -0.3 is 10.1 Å². The Balaban J connectivity index is 1.63. The van der Waals surface area contributed by atoms with Gasteiger partial charge >= 0.3 is 0 Å². The molecule has 4 rings (SSSR count). The van der Waals surface area contributed by atoms with Gasteiger partial charge in [0.05, 0.1) is 27.4 Å². The second-order valence-corrected chi connectivity index (χ2v) is 7.83. The molecule has 28 heavy (non-hydrogen) atoms. The van der Waals surface area contributed by atoms with Crippen LogP contribution in [-0.4, -0.2) is 18.0 Å². The summed E-state index contributed by atoms with van der Waals surface area (Å²) in [7, 11) is 1.53. The van der Waals surface area contributed by atoms with Gasteiger partial charge in [-0.15, -0.1) is 11.3 Å². The highest BCUT2D eigenvalue weighted by Gasteiger charge is 2.13. The van der Waals surface area contributed by atoms with Gasteiger partial charge in [0.25, 0.3) is 5.91 Å². The summed E-state index contributed by atoms with van der Waals surface area (Å²) >= 11 is 14.1. The van der Waals surface area contributed by atoms with E-state index in [1.165, 1.54) is 7.11 Å². The van der Waals surface area contributed by atoms with Gasteiger partial charge in [0.2, 0.25) is 0 Å². The Morgan fingerprint density at radius 1 is 1.04 bits per heavy atom. The largest absolute Gasteiger partial charge is 0.495 e. The van der Waals surface area contributed by atoms with Crippen molar-refractivity contribution in [3.63, 3.8) is 0 Å². The standard InChI is InChI=1S/C21H14Cl2N2O2S/c1-27-18-9-6-12(10-16(18)23)20(26)24-13-7-8-15(22)14(11-13)21-25-17-4-2-3-5-19(17)28-21/h2-11H,1H3,(H,24,26). The molecule has 0 bridgehead atoms. The molecular formula is C21H14Cl2N2O2S. The second kappa shape index (κ2) is 7.80. The summed E-state index contributed by atoms with van der Waals surface area (Å²) in [6.07, 6.45) is 0. The molecule has 0 saturated carbocycles. The molecule has 7 heteroatoms. The number of hydrogen-bond acceptors (Lipinski definition) is 4. The molecule has 4 nitrogen and oxygen atoms in total. The lowest BCUT2D eigenvalue weighted by molar-refractivity contribution is 0.102. The SMILES string of the molecule is COc1ccc(C(=O)Nc2ccc(Cl)c(-c3nc4ccccc4s3)c2)cc1Cl. The van der Waals surface area contributed by atoms with Crippen molar-refractivity contribution in [3.8, 4) is 16.3 Å². The van der Waals surface area contributed by atoms with Crippen LogP contribution in [0.25, 0.3) is 20.8 Å². The molecule has 0 unspecified atom stereocenters. The number of hydrogen-bond donors (Lipinski definition) is 1. The number of para-hydroxylation sites is 1. The number of aromatic nitrogens is 1. The molecule has 0 aliphatic carbocycles. The van der Waals surface area contributed by atoms with E-state index in [0.29, 0.717) is 27.0 Å². The molecule has 0 saturated heterocycles. The zero-order valence-corrected chi connectivity index (χ0v) is 17.0. The zero-order chi connectivity index (χ0) is 19.7. The number of fused-ring (bicyclic) bond motifs is 1. The Kier molecular flexibility index (Phi) is 5.22. The van der Waals surface area contributed by atoms with Crippen molar-refractivity contribution in [2.24, 2.45) is 0 Å². The highest BCUT2D eigenvalue weighted by Crippen LogP contribution is 2.36. The van der Waals surface area contributed by atoms with Crippen LogP contribution in [0.5, 0.6) is 5.75 Å². The van der Waals surface area contributed by atoms with Gasteiger partial charge in [-0.25, -0.2) is 4.98 Å². The summed E-state index contributed by atoms with van der Waals surface area (Å²) in [6.45, 7) is 0. The quantitative estimate of drug-likeness (QED) is 0.401. The molecule has 140 valence electrons. The third kappa shape index (κ3) is 3.69. The molecule has 0 fully saturated rings. The topological polar surface area (TPSA) is 51.2 Å². The number of anilines is 1. The maximum atomic E-state index is 12.6. The van der Waals surface area contributed by atoms with Crippen LogP contribution in [0.2, 0.25) is 10.0 Å². The van der Waals surface area contributed by atoms with Crippen LogP contribution >= 0.6 is 34.5 Å². The minimum absolute atomic E-state index is 0.276. The fourth-order valence-corrected chi connectivity index (χ4v) is 4.28. The molecule has 0 atom stereocenters. The summed E-state index contributed by atoms with van der Waals surface area (Å²) in [6, 6.07) is 18.1. The summed E-state index contributed by atoms with van der Waals surface area (Å²) in [5.41, 5.74) is 2.74. The first-order valence-corrected chi connectivity index (χ1v) is 9.93. The van der Waals surface area contributed by atoms with Crippen LogP contribution in [0.1, 0.15) is 10.4 Å². The monoisotopic (exact) mass is 428 g/mol. The highest BCUT2D eigenvalue weighted by atomic mass is 35.5. The molecule has 0 aliphatic rings. The maximum Gasteiger partial charge on any atom is 0.255 e. The number of benzene rings is 3. The summed E-state index contributed by atoms with van der Waals surface area (Å²) in [4.78, 5) is 17.2. The minimum atomic E-state index is -0.276. The summed E-state index contributed by atoms with van der Waals surface area (Å²) in [5, 5.41) is 4.62. The van der Waals surface area contributed by atoms with Crippen LogP contribution < -0.4 is 10.1 Å². The number of nitrogens with one attached hydrogen (secondary N) is 1. The average Bonchev–Trinajstić information content (AvgIpc) is 3.13. The number of thiazole rings is 1. The molecule has 3 aromatic carbocycles. The van der Waals surface area contributed by atoms with Crippen LogP contribution in [0.15, 0.2) is 60.7 Å². The number of carbonyl (C=O) groups is 1. The van der Waals surface area contributed by atoms with Gasteiger partial charge in [0.15, 0.2) is 0 Å². The third-order valence-corrected chi connectivity index (χ3v) is 5.86. The van der Waals surface area contributed by atoms with Gasteiger partial charge in [-0.2, -0.15) is 0 Å². The number of nitrogens with zero attached hydrogens (tertiary/aromatic N) is 1. The van der Waals surface area contributed by atoms with Crippen molar-refractivity contribution in [2.45, 2.75) is 0 Å². The first-order valence-electron chi connectivity index (χ1n) is 8.35. The van der Waals surface area contributed by atoms with Gasteiger partial charge in [-0.1, -0.05) is 35.3 Å². The van der Waals surface area contributed by atoms with Crippen molar-refractivity contribution in [1.82, 2.24) is 4.98 Å². The lowest BCUT2D eigenvalue weighted by Gasteiger charge is -2.09. The Hall–Kier alpha value is -2.60. The van der Waals surface area contributed by atoms with Gasteiger partial charge in [0, 0.05) is 16.8 Å². The predicted octanol–water partition coefficient (Wildman–Crippen LogP) is 6.53. The Labute approximate surface area is 175 Å². The lowest BCUT2D eigenvalue weighted by Crippen LogP contribution is -2.12. The van der Waals surface area contributed by atoms with E-state index < -0.39 is 0 Å². The van der Waals surface area contributed by atoms with E-state index >= 15 is 0 Å². The zero-order valence-electron chi connectivity index (χ0n) is 14.7. The van der Waals surface area contributed by atoms with Crippen molar-refractivity contribution in [2.75, 3.05) is 12.4 Å². The van der Waals surface area contributed by atoms with Crippen molar-refractivity contribution >= 4 is 56.3 Å². The number of rotatable bonds is 4. The van der Waals surface area contributed by atoms with Crippen molar-refractivity contribution in [1.29, 1.82) is 0 Å². The number of carbonyl (C=O) groups excluding carboxylic acids is 1. The third-order valence-electron chi connectivity index (χ3n) is 4.16. The first-order chi connectivity index (χ1) is 13.5. The average molecular weight is 429 g/mol. The molecule has 0 radical (unpaired) electrons. The van der Waals surface area contributed by atoms with Crippen LogP contribution in [0.4, 0.5) is 5.69 Å². The fourth-order valence-electron chi connectivity index (χ4n) is 2.77. The van der Waals surface area contributed by atoms with Gasteiger partial charge in [-0.3, -0.25) is 4.79 Å². The Bertz CT molecular complexity index is 1160. The summed E-state index contributed by atoms with van der Waals surface area (Å²) in [5.74, 6) is 0.241. The lowest BCUT2D eigenvalue weighted by atomic mass is 10.1. The van der Waals surface area contributed by atoms with Crippen LogP contribution in [0.3, 0.4) is 0 Å². The van der Waals surface area contributed by atoms with Crippen LogP contribution in [-0.2, 0) is 0 Å². The fraction of sp³-hybridized carbons (Fsp3) is 0.0476. The molecule has 0 aliphatic heterocycles. The van der Waals surface area contributed by atoms with E-state index in [2.05, 4.69) is 10.3 Å². The highest BCUT2D eigenvalue weighted by molar-refractivity contribution is 7.21. The van der Waals surface area contributed by atoms with E-state index in [9.17, 15) is 4.79 Å². The Morgan fingerprint density at radius 2 is 1.86 bits per heavy atom. The second-order valence-electron chi connectivity index (χ2n) is 5.98. The number of methoxy groups -OCH3 is 1. The molecule has 1 aromatic heterocycles. The molecule has 4 aromatic rings. The first kappa shape index (κ1) is 18.7. The predicted molar refractivity (Wildman–Crippen MR) is 116 cm³/mol. The van der Waals surface area contributed by atoms with Crippen LogP contribution in [0, 0.1) is 0 Å². The van der Waals surface area contributed by atoms with E-state index in [4.69, 9.17) is 27.9 Å². The molecule has 0 spiro atoms. The molecular weight excluding hydrogens is 415 g/mol. The number of ether oxygens (including phenoxy) is 1. The van der Waals surface area contributed by atoms with Crippen molar-refractivity contribution in [3.05, 3.63) is 76.3 Å². The minimum Gasteiger partial charge on any atom is -0.495 e. The maximum absolute atomic E-state index is 12.6. The molecule has 1 heterocycles. The normalized spacial score (nSPS) is 10.8. The molecule has 1 amide bonds. The Morgan fingerprint density at radius 3 is 2.61 bits per heavy atom. The molecule has 1 N–H and O–H groups in total.